The summed E-state index contributed by atoms with van der Waals surface area (Å²) in [4.78, 5) is 11.6. The minimum absolute atomic E-state index is 0.189. The average Bonchev–Trinajstić information content (AvgIpc) is 2.85. The number of carbonyl (C=O) groups excluding carboxylic acids is 1. The molecule has 0 amide bonds. The predicted molar refractivity (Wildman–Crippen MR) is 56.5 cm³/mol. The number of methoxy groups -OCH3 is 1. The molecule has 2 aliphatic rings. The number of carbonyl (C=O) groups is 1. The molecule has 1 unspecified atom stereocenters. The lowest BCUT2D eigenvalue weighted by molar-refractivity contribution is -0.146. The van der Waals surface area contributed by atoms with E-state index in [-0.39, 0.29) is 11.6 Å². The largest absolute Gasteiger partial charge is 0.467 e. The number of hydrogen-bond donors (Lipinski definition) is 0. The highest BCUT2D eigenvalue weighted by atomic mass is 16.7. The summed E-state index contributed by atoms with van der Waals surface area (Å²) < 4.78 is 10.5. The second kappa shape index (κ2) is 3.48. The van der Waals surface area contributed by atoms with Crippen molar-refractivity contribution in [1.82, 2.24) is 0 Å². The topological polar surface area (TPSA) is 38.8 Å². The van der Waals surface area contributed by atoms with Crippen molar-refractivity contribution in [2.24, 2.45) is 5.92 Å². The summed E-state index contributed by atoms with van der Waals surface area (Å²) in [5, 5.41) is 0. The molecule has 3 heteroatoms. The van der Waals surface area contributed by atoms with Crippen LogP contribution in [0.1, 0.15) is 46.0 Å². The van der Waals surface area contributed by atoms with E-state index in [0.29, 0.717) is 0 Å². The summed E-state index contributed by atoms with van der Waals surface area (Å²) in [5.74, 6) is 0.610. The minimum atomic E-state index is -0.652. The fourth-order valence-corrected chi connectivity index (χ4v) is 2.92. The van der Waals surface area contributed by atoms with E-state index in [0.717, 1.165) is 18.8 Å². The first-order valence-corrected chi connectivity index (χ1v) is 5.86. The molecular formula is C12H20O3. The van der Waals surface area contributed by atoms with Crippen molar-refractivity contribution >= 4 is 5.97 Å². The molecule has 1 aliphatic carbocycles. The molecule has 1 spiro atoms. The Labute approximate surface area is 91.1 Å². The normalized spacial score (nSPS) is 44.1. The molecule has 0 N–H and O–H groups in total. The molecule has 86 valence electrons. The first-order chi connectivity index (χ1) is 7.08. The van der Waals surface area contributed by atoms with E-state index in [1.165, 1.54) is 26.4 Å². The molecule has 15 heavy (non-hydrogen) atoms. The Hall–Kier alpha value is -0.570. The number of ether oxygens (including phenoxy) is 2. The van der Waals surface area contributed by atoms with Gasteiger partial charge in [0.25, 0.3) is 0 Å². The summed E-state index contributed by atoms with van der Waals surface area (Å²) in [6.07, 6.45) is 5.63. The van der Waals surface area contributed by atoms with Crippen LogP contribution in [0.5, 0.6) is 0 Å². The van der Waals surface area contributed by atoms with Crippen molar-refractivity contribution in [3.8, 4) is 0 Å². The number of hydrogen-bond acceptors (Lipinski definition) is 3. The molecule has 2 fully saturated rings. The molecule has 1 atom stereocenters. The summed E-state index contributed by atoms with van der Waals surface area (Å²) >= 11 is 0. The lowest BCUT2D eigenvalue weighted by Crippen LogP contribution is -2.35. The van der Waals surface area contributed by atoms with Crippen LogP contribution in [0.25, 0.3) is 0 Å². The standard InChI is InChI=1S/C12H20O3/c1-4-9-5-7-12(8-6-9)11(2,15-12)10(13)14-3/h9H,4-8H2,1-3H3. The fraction of sp³-hybridized carbons (Fsp3) is 0.917. The SMILES string of the molecule is CCC1CCC2(CC1)OC2(C)C(=O)OC. The third kappa shape index (κ3) is 1.48. The highest BCUT2D eigenvalue weighted by molar-refractivity contribution is 5.84. The highest BCUT2D eigenvalue weighted by Gasteiger charge is 2.72. The molecule has 0 aromatic carbocycles. The van der Waals surface area contributed by atoms with Gasteiger partial charge in [-0.1, -0.05) is 13.3 Å². The second-order valence-corrected chi connectivity index (χ2v) is 4.97. The third-order valence-corrected chi connectivity index (χ3v) is 4.29. The zero-order chi connectivity index (χ0) is 11.1. The van der Waals surface area contributed by atoms with E-state index in [1.54, 1.807) is 0 Å². The summed E-state index contributed by atoms with van der Waals surface area (Å²) in [6.45, 7) is 4.10. The fourth-order valence-electron chi connectivity index (χ4n) is 2.92. The first-order valence-electron chi connectivity index (χ1n) is 5.86. The molecule has 0 bridgehead atoms. The molecule has 1 aliphatic heterocycles. The van der Waals surface area contributed by atoms with Crippen molar-refractivity contribution < 1.29 is 14.3 Å². The molecule has 1 saturated carbocycles. The Kier molecular flexibility index (Phi) is 2.53. The van der Waals surface area contributed by atoms with Crippen molar-refractivity contribution in [3.05, 3.63) is 0 Å². The van der Waals surface area contributed by atoms with Gasteiger partial charge in [-0.15, -0.1) is 0 Å². The van der Waals surface area contributed by atoms with E-state index >= 15 is 0 Å². The van der Waals surface area contributed by atoms with E-state index in [9.17, 15) is 4.79 Å². The van der Waals surface area contributed by atoms with Gasteiger partial charge in [0, 0.05) is 0 Å². The van der Waals surface area contributed by atoms with Gasteiger partial charge in [-0.25, -0.2) is 4.79 Å². The third-order valence-electron chi connectivity index (χ3n) is 4.29. The zero-order valence-corrected chi connectivity index (χ0v) is 9.84. The Balaban J connectivity index is 1.99. The van der Waals surface area contributed by atoms with Gasteiger partial charge in [0.05, 0.1) is 7.11 Å². The summed E-state index contributed by atoms with van der Waals surface area (Å²) in [7, 11) is 1.43. The molecular weight excluding hydrogens is 192 g/mol. The average molecular weight is 212 g/mol. The van der Waals surface area contributed by atoms with Gasteiger partial charge >= 0.3 is 5.97 Å². The van der Waals surface area contributed by atoms with Crippen molar-refractivity contribution in [3.63, 3.8) is 0 Å². The Morgan fingerprint density at radius 2 is 2.07 bits per heavy atom. The van der Waals surface area contributed by atoms with Crippen LogP contribution in [0.4, 0.5) is 0 Å². The molecule has 1 saturated heterocycles. The van der Waals surface area contributed by atoms with Crippen LogP contribution in [-0.2, 0) is 14.3 Å². The monoisotopic (exact) mass is 212 g/mol. The highest BCUT2D eigenvalue weighted by Crippen LogP contribution is 2.57. The maximum Gasteiger partial charge on any atom is 0.340 e. The Bertz CT molecular complexity index is 266. The zero-order valence-electron chi connectivity index (χ0n) is 9.84. The van der Waals surface area contributed by atoms with Gasteiger partial charge in [0.1, 0.15) is 5.60 Å². The summed E-state index contributed by atoms with van der Waals surface area (Å²) in [5.41, 5.74) is -0.841. The van der Waals surface area contributed by atoms with Crippen LogP contribution in [0.2, 0.25) is 0 Å². The van der Waals surface area contributed by atoms with Gasteiger partial charge in [-0.3, -0.25) is 0 Å². The van der Waals surface area contributed by atoms with Gasteiger partial charge in [0.15, 0.2) is 5.60 Å². The van der Waals surface area contributed by atoms with E-state index in [4.69, 9.17) is 9.47 Å². The van der Waals surface area contributed by atoms with Gasteiger partial charge < -0.3 is 9.47 Å². The van der Waals surface area contributed by atoms with Crippen LogP contribution in [-0.4, -0.2) is 24.3 Å². The molecule has 2 rings (SSSR count). The molecule has 0 aromatic rings. The summed E-state index contributed by atoms with van der Waals surface area (Å²) in [6, 6.07) is 0. The van der Waals surface area contributed by atoms with Gasteiger partial charge in [0.2, 0.25) is 0 Å². The second-order valence-electron chi connectivity index (χ2n) is 4.97. The lowest BCUT2D eigenvalue weighted by atomic mass is 9.75. The maximum absolute atomic E-state index is 11.6. The quantitative estimate of drug-likeness (QED) is 0.520. The van der Waals surface area contributed by atoms with E-state index in [2.05, 4.69) is 6.92 Å². The van der Waals surface area contributed by atoms with Crippen molar-refractivity contribution in [2.75, 3.05) is 7.11 Å². The lowest BCUT2D eigenvalue weighted by Gasteiger charge is -2.26. The van der Waals surface area contributed by atoms with Crippen LogP contribution in [0, 0.1) is 5.92 Å². The minimum Gasteiger partial charge on any atom is -0.467 e. The van der Waals surface area contributed by atoms with Gasteiger partial charge in [-0.05, 0) is 38.5 Å². The molecule has 0 radical (unpaired) electrons. The Morgan fingerprint density at radius 3 is 2.53 bits per heavy atom. The number of rotatable bonds is 2. The predicted octanol–water partition coefficient (Wildman–Crippen LogP) is 2.29. The first kappa shape index (κ1) is 10.9. The Morgan fingerprint density at radius 1 is 1.47 bits per heavy atom. The molecule has 1 heterocycles. The maximum atomic E-state index is 11.6. The van der Waals surface area contributed by atoms with Gasteiger partial charge in [-0.2, -0.15) is 0 Å². The smallest absolute Gasteiger partial charge is 0.340 e. The van der Waals surface area contributed by atoms with Crippen LogP contribution >= 0.6 is 0 Å². The number of esters is 1. The number of epoxide rings is 1. The van der Waals surface area contributed by atoms with E-state index in [1.807, 2.05) is 6.92 Å². The van der Waals surface area contributed by atoms with E-state index < -0.39 is 5.60 Å². The van der Waals surface area contributed by atoms with Crippen LogP contribution in [0.3, 0.4) is 0 Å². The van der Waals surface area contributed by atoms with Crippen molar-refractivity contribution in [1.29, 1.82) is 0 Å². The molecule has 3 nitrogen and oxygen atoms in total. The van der Waals surface area contributed by atoms with Crippen molar-refractivity contribution in [2.45, 2.75) is 57.2 Å². The molecule has 0 aromatic heterocycles. The van der Waals surface area contributed by atoms with Crippen LogP contribution in [0.15, 0.2) is 0 Å². The van der Waals surface area contributed by atoms with Crippen LogP contribution < -0.4 is 0 Å².